The van der Waals surface area contributed by atoms with Crippen molar-refractivity contribution in [1.29, 1.82) is 0 Å². The van der Waals surface area contributed by atoms with Crippen LogP contribution in [0.15, 0.2) is 158 Å². The van der Waals surface area contributed by atoms with Crippen molar-refractivity contribution >= 4 is 44.6 Å². The highest BCUT2D eigenvalue weighted by molar-refractivity contribution is 6.09. The highest BCUT2D eigenvalue weighted by Crippen LogP contribution is 2.53. The second-order valence-corrected chi connectivity index (χ2v) is 24.0. The molecule has 1 aliphatic heterocycles. The summed E-state index contributed by atoms with van der Waals surface area (Å²) in [6.45, 7) is 32.5. The summed E-state index contributed by atoms with van der Waals surface area (Å²) < 4.78 is 9.35. The van der Waals surface area contributed by atoms with Crippen molar-refractivity contribution in [2.45, 2.75) is 119 Å². The minimum Gasteiger partial charge on any atom is -0.457 e. The van der Waals surface area contributed by atoms with Crippen molar-refractivity contribution in [1.82, 2.24) is 9.55 Å². The molecule has 0 saturated carbocycles. The number of para-hydroxylation sites is 3. The van der Waals surface area contributed by atoms with Gasteiger partial charge < -0.3 is 14.5 Å². The van der Waals surface area contributed by atoms with Crippen LogP contribution in [0.3, 0.4) is 0 Å². The van der Waals surface area contributed by atoms with Crippen LogP contribution in [0.1, 0.15) is 116 Å². The first-order valence-corrected chi connectivity index (χ1v) is 25.4. The number of rotatable bonds is 7. The average molecular weight is 935 g/mol. The Morgan fingerprint density at radius 1 is 0.437 bits per heavy atom. The normalized spacial score (nSPS) is 13.4. The van der Waals surface area contributed by atoms with Crippen molar-refractivity contribution < 1.29 is 4.74 Å². The zero-order chi connectivity index (χ0) is 50.4. The van der Waals surface area contributed by atoms with Crippen molar-refractivity contribution in [2.75, 3.05) is 16.5 Å². The quantitative estimate of drug-likeness (QED) is 0.159. The van der Waals surface area contributed by atoms with Gasteiger partial charge in [0.05, 0.1) is 28.1 Å². The molecule has 9 aromatic rings. The van der Waals surface area contributed by atoms with E-state index in [2.05, 4.69) is 263 Å². The third-order valence-electron chi connectivity index (χ3n) is 14.6. The molecule has 0 amide bonds. The van der Waals surface area contributed by atoms with Crippen LogP contribution in [0.5, 0.6) is 11.5 Å². The minimum absolute atomic E-state index is 0.0202. The fourth-order valence-corrected chi connectivity index (χ4v) is 10.5. The second-order valence-electron chi connectivity index (χ2n) is 24.0. The molecule has 0 aliphatic carbocycles. The summed E-state index contributed by atoms with van der Waals surface area (Å²) in [5.41, 5.74) is 19.3. The van der Waals surface area contributed by atoms with Gasteiger partial charge in [-0.2, -0.15) is 0 Å². The Balaban J connectivity index is 1.11. The van der Waals surface area contributed by atoms with E-state index >= 15 is 0 Å². The smallest absolute Gasteiger partial charge is 0.137 e. The van der Waals surface area contributed by atoms with Crippen LogP contribution in [0, 0.1) is 13.8 Å². The fourth-order valence-electron chi connectivity index (χ4n) is 10.5. The molecule has 3 heterocycles. The highest BCUT2D eigenvalue weighted by atomic mass is 16.5. The third-order valence-corrected chi connectivity index (χ3v) is 14.6. The molecule has 5 nitrogen and oxygen atoms in total. The van der Waals surface area contributed by atoms with E-state index in [0.29, 0.717) is 6.67 Å². The van der Waals surface area contributed by atoms with Gasteiger partial charge in [0.2, 0.25) is 0 Å². The maximum absolute atomic E-state index is 7.07. The summed E-state index contributed by atoms with van der Waals surface area (Å²) in [6, 6.07) is 56.2. The van der Waals surface area contributed by atoms with Crippen LogP contribution in [0.2, 0.25) is 0 Å². The van der Waals surface area contributed by atoms with Gasteiger partial charge in [0.15, 0.2) is 0 Å². The zero-order valence-electron chi connectivity index (χ0n) is 44.4. The van der Waals surface area contributed by atoms with Crippen molar-refractivity contribution in [3.8, 4) is 39.6 Å². The molecule has 0 fully saturated rings. The Morgan fingerprint density at radius 3 is 1.55 bits per heavy atom. The van der Waals surface area contributed by atoms with Gasteiger partial charge in [-0.3, -0.25) is 4.57 Å². The van der Waals surface area contributed by atoms with Crippen molar-refractivity contribution in [3.05, 3.63) is 191 Å². The van der Waals surface area contributed by atoms with Crippen molar-refractivity contribution in [3.63, 3.8) is 0 Å². The molecular weight excluding hydrogens is 865 g/mol. The second kappa shape index (κ2) is 17.3. The lowest BCUT2D eigenvalue weighted by Gasteiger charge is -2.30. The molecule has 0 radical (unpaired) electrons. The Morgan fingerprint density at radius 2 is 0.972 bits per heavy atom. The van der Waals surface area contributed by atoms with Gasteiger partial charge in [0.1, 0.15) is 24.0 Å². The van der Waals surface area contributed by atoms with E-state index < -0.39 is 0 Å². The number of anilines is 4. The summed E-state index contributed by atoms with van der Waals surface area (Å²) >= 11 is 0. The SMILES string of the molecule is Cc1cc(C)c(-c2ccc(C(C)(C)C)cc2)c(N2CN(c3cc(Oc4ccc5c6ccccc6n(-c6cc(C(C)(C)C)ccn6)c5c4)cc(C(C)(C)C)c3)c3ccccc32)c1-c1ccc(C(C)(C)C)cc1. The van der Waals surface area contributed by atoms with Gasteiger partial charge in [-0.05, 0) is 135 Å². The maximum Gasteiger partial charge on any atom is 0.137 e. The first kappa shape index (κ1) is 47.6. The zero-order valence-corrected chi connectivity index (χ0v) is 44.4. The monoisotopic (exact) mass is 935 g/mol. The molecule has 7 aromatic carbocycles. The van der Waals surface area contributed by atoms with Gasteiger partial charge in [-0.15, -0.1) is 0 Å². The minimum atomic E-state index is -0.153. The van der Waals surface area contributed by atoms with Crippen LogP contribution in [-0.2, 0) is 21.7 Å². The number of pyridine rings is 1. The average Bonchev–Trinajstić information content (AvgIpc) is 3.86. The number of nitrogens with zero attached hydrogens (tertiary/aromatic N) is 4. The van der Waals surface area contributed by atoms with Crippen LogP contribution >= 0.6 is 0 Å². The Bertz CT molecular complexity index is 3390. The molecule has 360 valence electrons. The summed E-state index contributed by atoms with van der Waals surface area (Å²) in [5.74, 6) is 2.46. The van der Waals surface area contributed by atoms with E-state index in [0.717, 1.165) is 45.1 Å². The third kappa shape index (κ3) is 8.90. The van der Waals surface area contributed by atoms with Crippen LogP contribution in [0.25, 0.3) is 49.9 Å². The summed E-state index contributed by atoms with van der Waals surface area (Å²) in [7, 11) is 0. The van der Waals surface area contributed by atoms with Gasteiger partial charge in [0, 0.05) is 45.9 Å². The molecule has 71 heavy (non-hydrogen) atoms. The standard InChI is InChI=1S/C66H70N4O/c1-42-35-43(2)61(45-25-29-47(30-26-45)64(6,7)8)62(60(42)44-23-27-46(28-24-44)63(3,4)5)69-41-68(56-21-17-18-22-57(56)69)50-36-49(66(12,13)14)37-52(39-50)71-51-31-32-54-53-19-15-16-20-55(53)70(58(54)40-51)59-38-48(33-34-67-59)65(9,10)11/h15-40H,41H2,1-14H3. The topological polar surface area (TPSA) is 33.5 Å². The number of hydrogen-bond donors (Lipinski definition) is 0. The van der Waals surface area contributed by atoms with Crippen LogP contribution < -0.4 is 14.5 Å². The van der Waals surface area contributed by atoms with E-state index in [-0.39, 0.29) is 21.7 Å². The molecule has 0 unspecified atom stereocenters. The number of hydrogen-bond acceptors (Lipinski definition) is 4. The van der Waals surface area contributed by atoms with Gasteiger partial charge in [-0.25, -0.2) is 4.98 Å². The first-order valence-electron chi connectivity index (χ1n) is 25.4. The number of aryl methyl sites for hydroxylation is 2. The fraction of sp³-hybridized carbons (Fsp3) is 0.288. The van der Waals surface area contributed by atoms with Crippen LogP contribution in [-0.4, -0.2) is 16.2 Å². The molecule has 0 N–H and O–H groups in total. The predicted molar refractivity (Wildman–Crippen MR) is 302 cm³/mol. The van der Waals surface area contributed by atoms with E-state index in [9.17, 15) is 0 Å². The lowest BCUT2D eigenvalue weighted by atomic mass is 9.83. The number of ether oxygens (including phenoxy) is 1. The molecule has 5 heteroatoms. The number of aromatic nitrogens is 2. The Hall–Kier alpha value is -7.11. The van der Waals surface area contributed by atoms with E-state index in [1.165, 1.54) is 72.4 Å². The molecule has 10 rings (SSSR count). The highest BCUT2D eigenvalue weighted by Gasteiger charge is 2.34. The summed E-state index contributed by atoms with van der Waals surface area (Å²) in [4.78, 5) is 9.98. The Kier molecular flexibility index (Phi) is 11.6. The molecule has 0 spiro atoms. The van der Waals surface area contributed by atoms with Crippen molar-refractivity contribution in [2.24, 2.45) is 0 Å². The van der Waals surface area contributed by atoms with Crippen LogP contribution in [0.4, 0.5) is 22.7 Å². The summed E-state index contributed by atoms with van der Waals surface area (Å²) in [5, 5.41) is 2.35. The maximum atomic E-state index is 7.07. The largest absolute Gasteiger partial charge is 0.457 e. The van der Waals surface area contributed by atoms with E-state index in [1.54, 1.807) is 0 Å². The molecule has 0 bridgehead atoms. The molecule has 2 aromatic heterocycles. The molecular formula is C66H70N4O. The van der Waals surface area contributed by atoms with Gasteiger partial charge in [-0.1, -0.05) is 168 Å². The molecule has 0 atom stereocenters. The summed E-state index contributed by atoms with van der Waals surface area (Å²) in [6.07, 6.45) is 1.93. The Labute approximate surface area is 422 Å². The van der Waals surface area contributed by atoms with E-state index in [4.69, 9.17) is 9.72 Å². The number of benzene rings is 7. The van der Waals surface area contributed by atoms with Gasteiger partial charge >= 0.3 is 0 Å². The van der Waals surface area contributed by atoms with Gasteiger partial charge in [0.25, 0.3) is 0 Å². The lowest BCUT2D eigenvalue weighted by Crippen LogP contribution is -2.26. The molecule has 0 saturated heterocycles. The number of fused-ring (bicyclic) bond motifs is 4. The lowest BCUT2D eigenvalue weighted by molar-refractivity contribution is 0.479. The first-order chi connectivity index (χ1) is 33.5. The molecule has 1 aliphatic rings. The predicted octanol–water partition coefficient (Wildman–Crippen LogP) is 18.4. The van der Waals surface area contributed by atoms with E-state index in [1.807, 2.05) is 6.20 Å².